The van der Waals surface area contributed by atoms with Gasteiger partial charge in [0.1, 0.15) is 0 Å². The molecule has 1 heterocycles. The summed E-state index contributed by atoms with van der Waals surface area (Å²) in [5, 5.41) is 0. The van der Waals surface area contributed by atoms with E-state index >= 15 is 0 Å². The highest BCUT2D eigenvalue weighted by Gasteiger charge is 2.07. The number of hydrogen-bond acceptors (Lipinski definition) is 2. The fraction of sp³-hybridized carbons (Fsp3) is 0.333. The first-order valence-corrected chi connectivity index (χ1v) is 4.92. The lowest BCUT2D eigenvalue weighted by molar-refractivity contribution is 0.807. The highest BCUT2D eigenvalue weighted by Crippen LogP contribution is 2.18. The number of benzene rings is 1. The highest BCUT2D eigenvalue weighted by molar-refractivity contribution is 5.74. The molecule has 0 atom stereocenters. The lowest BCUT2D eigenvalue weighted by Gasteiger charge is -2.08. The molecule has 1 aromatic heterocycles. The van der Waals surface area contributed by atoms with E-state index in [9.17, 15) is 0 Å². The largest absolute Gasteiger partial charge is 0.250 e. The number of aromatic nitrogens is 2. The molecule has 72 valence electrons. The molecule has 0 bridgehead atoms. The number of aryl methyl sites for hydroxylation is 1. The molecule has 1 aromatic carbocycles. The molecule has 0 aliphatic heterocycles. The van der Waals surface area contributed by atoms with Gasteiger partial charge in [-0.05, 0) is 25.0 Å². The van der Waals surface area contributed by atoms with Gasteiger partial charge >= 0.3 is 0 Å². The molecule has 0 N–H and O–H groups in total. The molecule has 0 fully saturated rings. The highest BCUT2D eigenvalue weighted by atomic mass is 14.8. The topological polar surface area (TPSA) is 25.8 Å². The average Bonchev–Trinajstić information content (AvgIpc) is 2.16. The minimum Gasteiger partial charge on any atom is -0.250 e. The van der Waals surface area contributed by atoms with E-state index in [1.807, 2.05) is 31.2 Å². The number of fused-ring (bicyclic) bond motifs is 1. The molecule has 0 aliphatic carbocycles. The lowest BCUT2D eigenvalue weighted by Crippen LogP contribution is -2.00. The van der Waals surface area contributed by atoms with Gasteiger partial charge in [0.2, 0.25) is 0 Å². The minimum atomic E-state index is 0.437. The number of rotatable bonds is 1. The number of para-hydroxylation sites is 2. The van der Waals surface area contributed by atoms with Gasteiger partial charge in [-0.3, -0.25) is 0 Å². The van der Waals surface area contributed by atoms with Crippen LogP contribution in [0.4, 0.5) is 0 Å². The Hall–Kier alpha value is -1.44. The molecule has 0 saturated carbocycles. The molecule has 0 radical (unpaired) electrons. The summed E-state index contributed by atoms with van der Waals surface area (Å²) in [5.41, 5.74) is 4.11. The molecule has 0 saturated heterocycles. The Kier molecular flexibility index (Phi) is 2.20. The number of hydrogen-bond donors (Lipinski definition) is 0. The van der Waals surface area contributed by atoms with Crippen molar-refractivity contribution in [3.8, 4) is 0 Å². The Labute approximate surface area is 84.0 Å². The van der Waals surface area contributed by atoms with Gasteiger partial charge < -0.3 is 0 Å². The molecule has 14 heavy (non-hydrogen) atoms. The smallest absolute Gasteiger partial charge is 0.0890 e. The summed E-state index contributed by atoms with van der Waals surface area (Å²) in [6.07, 6.45) is 0. The lowest BCUT2D eigenvalue weighted by atomic mass is 10.1. The van der Waals surface area contributed by atoms with Crippen LogP contribution in [0.3, 0.4) is 0 Å². The maximum Gasteiger partial charge on any atom is 0.0890 e. The van der Waals surface area contributed by atoms with Crippen LogP contribution >= 0.6 is 0 Å². The molecule has 2 aromatic rings. The van der Waals surface area contributed by atoms with Gasteiger partial charge in [-0.2, -0.15) is 0 Å². The Morgan fingerprint density at radius 1 is 1.00 bits per heavy atom. The van der Waals surface area contributed by atoms with Crippen LogP contribution in [0, 0.1) is 6.92 Å². The Bertz CT molecular complexity index is 461. The van der Waals surface area contributed by atoms with Gasteiger partial charge in [0.25, 0.3) is 0 Å². The Balaban J connectivity index is 2.71. The van der Waals surface area contributed by atoms with E-state index in [0.717, 1.165) is 22.4 Å². The molecule has 0 amide bonds. The SMILES string of the molecule is Cc1nc2ccccc2nc1C(C)C. The summed E-state index contributed by atoms with van der Waals surface area (Å²) in [6, 6.07) is 8.00. The summed E-state index contributed by atoms with van der Waals surface area (Å²) < 4.78 is 0. The van der Waals surface area contributed by atoms with Crippen LogP contribution in [0.15, 0.2) is 24.3 Å². The van der Waals surface area contributed by atoms with Crippen LogP contribution < -0.4 is 0 Å². The monoisotopic (exact) mass is 186 g/mol. The van der Waals surface area contributed by atoms with Gasteiger partial charge in [0, 0.05) is 0 Å². The van der Waals surface area contributed by atoms with Crippen LogP contribution in [0.1, 0.15) is 31.2 Å². The van der Waals surface area contributed by atoms with Gasteiger partial charge in [-0.1, -0.05) is 26.0 Å². The molecule has 0 aliphatic rings. The van der Waals surface area contributed by atoms with Crippen LogP contribution in [0.2, 0.25) is 0 Å². The Morgan fingerprint density at radius 3 is 2.14 bits per heavy atom. The second-order valence-corrected chi connectivity index (χ2v) is 3.84. The Morgan fingerprint density at radius 2 is 1.57 bits per heavy atom. The summed E-state index contributed by atoms with van der Waals surface area (Å²) in [6.45, 7) is 6.31. The zero-order valence-corrected chi connectivity index (χ0v) is 8.78. The zero-order valence-electron chi connectivity index (χ0n) is 8.78. The third-order valence-corrected chi connectivity index (χ3v) is 2.33. The third kappa shape index (κ3) is 1.48. The van der Waals surface area contributed by atoms with Crippen LogP contribution in [0.25, 0.3) is 11.0 Å². The second kappa shape index (κ2) is 3.37. The van der Waals surface area contributed by atoms with E-state index in [4.69, 9.17) is 0 Å². The van der Waals surface area contributed by atoms with Gasteiger partial charge in [0.15, 0.2) is 0 Å². The maximum atomic E-state index is 4.61. The first-order valence-electron chi connectivity index (χ1n) is 4.92. The summed E-state index contributed by atoms with van der Waals surface area (Å²) in [7, 11) is 0. The van der Waals surface area contributed by atoms with Crippen molar-refractivity contribution in [2.45, 2.75) is 26.7 Å². The molecule has 0 unspecified atom stereocenters. The van der Waals surface area contributed by atoms with E-state index < -0.39 is 0 Å². The quantitative estimate of drug-likeness (QED) is 0.684. The van der Waals surface area contributed by atoms with Crippen molar-refractivity contribution in [3.05, 3.63) is 35.7 Å². The summed E-state index contributed by atoms with van der Waals surface area (Å²) in [5.74, 6) is 0.437. The van der Waals surface area contributed by atoms with Crippen LogP contribution in [-0.4, -0.2) is 9.97 Å². The standard InChI is InChI=1S/C12H14N2/c1-8(2)12-9(3)13-10-6-4-5-7-11(10)14-12/h4-8H,1-3H3. The molecule has 0 spiro atoms. The number of nitrogens with zero attached hydrogens (tertiary/aromatic N) is 2. The van der Waals surface area contributed by atoms with Crippen molar-refractivity contribution < 1.29 is 0 Å². The van der Waals surface area contributed by atoms with Crippen molar-refractivity contribution >= 4 is 11.0 Å². The third-order valence-electron chi connectivity index (χ3n) is 2.33. The predicted molar refractivity (Wildman–Crippen MR) is 58.4 cm³/mol. The molecule has 2 nitrogen and oxygen atoms in total. The van der Waals surface area contributed by atoms with Crippen molar-refractivity contribution in [1.82, 2.24) is 9.97 Å². The fourth-order valence-corrected chi connectivity index (χ4v) is 1.65. The van der Waals surface area contributed by atoms with Crippen molar-refractivity contribution in [3.63, 3.8) is 0 Å². The molecular weight excluding hydrogens is 172 g/mol. The van der Waals surface area contributed by atoms with E-state index in [1.165, 1.54) is 0 Å². The van der Waals surface area contributed by atoms with Gasteiger partial charge in [-0.25, -0.2) is 9.97 Å². The van der Waals surface area contributed by atoms with E-state index in [0.29, 0.717) is 5.92 Å². The summed E-state index contributed by atoms with van der Waals surface area (Å²) in [4.78, 5) is 9.15. The van der Waals surface area contributed by atoms with Crippen molar-refractivity contribution in [2.75, 3.05) is 0 Å². The maximum absolute atomic E-state index is 4.61. The summed E-state index contributed by atoms with van der Waals surface area (Å²) >= 11 is 0. The fourth-order valence-electron chi connectivity index (χ4n) is 1.65. The van der Waals surface area contributed by atoms with Crippen LogP contribution in [-0.2, 0) is 0 Å². The predicted octanol–water partition coefficient (Wildman–Crippen LogP) is 3.06. The van der Waals surface area contributed by atoms with E-state index in [2.05, 4.69) is 23.8 Å². The minimum absolute atomic E-state index is 0.437. The first kappa shape index (κ1) is 9.13. The normalized spacial score (nSPS) is 11.1. The zero-order chi connectivity index (χ0) is 10.1. The molecule has 2 heteroatoms. The second-order valence-electron chi connectivity index (χ2n) is 3.84. The van der Waals surface area contributed by atoms with Crippen molar-refractivity contribution in [2.24, 2.45) is 0 Å². The molecule has 2 rings (SSSR count). The first-order chi connectivity index (χ1) is 6.68. The van der Waals surface area contributed by atoms with Crippen molar-refractivity contribution in [1.29, 1.82) is 0 Å². The molecular formula is C12H14N2. The van der Waals surface area contributed by atoms with E-state index in [1.54, 1.807) is 0 Å². The van der Waals surface area contributed by atoms with Crippen LogP contribution in [0.5, 0.6) is 0 Å². The van der Waals surface area contributed by atoms with E-state index in [-0.39, 0.29) is 0 Å². The van der Waals surface area contributed by atoms with Gasteiger partial charge in [0.05, 0.1) is 22.4 Å². The average molecular weight is 186 g/mol. The van der Waals surface area contributed by atoms with Gasteiger partial charge in [-0.15, -0.1) is 0 Å².